The molecule has 0 aliphatic heterocycles. The fourth-order valence-electron chi connectivity index (χ4n) is 0. The van der Waals surface area contributed by atoms with Gasteiger partial charge < -0.3 is 29.6 Å². The zero-order valence-electron chi connectivity index (χ0n) is 12.6. The first kappa shape index (κ1) is 42.7. The maximum atomic E-state index is 9.44. The molecule has 0 rings (SSSR count). The molecule has 8 nitrogen and oxygen atoms in total. The summed E-state index contributed by atoms with van der Waals surface area (Å²) in [5.74, 6) is -0.667. The van der Waals surface area contributed by atoms with Gasteiger partial charge in [-0.3, -0.25) is 4.79 Å². The van der Waals surface area contributed by atoms with Gasteiger partial charge in [-0.15, -0.1) is 0 Å². The summed E-state index contributed by atoms with van der Waals surface area (Å²) in [5, 5.41) is 21.4. The van der Waals surface area contributed by atoms with Crippen molar-refractivity contribution >= 4 is 17.9 Å². The first-order valence-corrected chi connectivity index (χ1v) is 5.00. The third-order valence-electron chi connectivity index (χ3n) is 0.289. The van der Waals surface area contributed by atoms with Gasteiger partial charge in [0.2, 0.25) is 0 Å². The lowest BCUT2D eigenvalue weighted by atomic mass is 10.6. The van der Waals surface area contributed by atoms with E-state index in [9.17, 15) is 4.79 Å². The van der Waals surface area contributed by atoms with Crippen LogP contribution >= 0.6 is 0 Å². The largest absolute Gasteiger partial charge is 0.503 e. The second-order valence-corrected chi connectivity index (χ2v) is 2.70. The number of carboxylic acids is 1. The predicted octanol–water partition coefficient (Wildman–Crippen LogP) is 3.10. The van der Waals surface area contributed by atoms with Gasteiger partial charge in [0.05, 0.1) is 0 Å². The van der Waals surface area contributed by atoms with Crippen LogP contribution in [-0.4, -0.2) is 61.2 Å². The van der Waals surface area contributed by atoms with Crippen LogP contribution in [0.1, 0.15) is 42.5 Å². The van der Waals surface area contributed by atoms with Gasteiger partial charge in [-0.1, -0.05) is 14.9 Å². The quantitative estimate of drug-likeness (QED) is 0.672. The number of carbonyl (C=O) groups excluding carboxylic acids is 1. The Morgan fingerprint density at radius 2 is 0.905 bits per heavy atom. The van der Waals surface area contributed by atoms with E-state index in [1.807, 2.05) is 6.92 Å². The van der Waals surface area contributed by atoms with Crippen LogP contribution < -0.4 is 0 Å². The molecule has 0 aliphatic rings. The van der Waals surface area contributed by atoms with Crippen LogP contribution in [0.15, 0.2) is 0 Å². The van der Waals surface area contributed by atoms with Crippen LogP contribution in [0.2, 0.25) is 0 Å². The Labute approximate surface area is 128 Å². The maximum Gasteiger partial charge on any atom is 0.503 e. The third kappa shape index (κ3) is 10900. The normalized spacial score (nSPS) is 5.86. The zero-order chi connectivity index (χ0) is 16.9. The van der Waals surface area contributed by atoms with E-state index < -0.39 is 12.1 Å². The number of ketones is 1. The summed E-state index contributed by atoms with van der Waals surface area (Å²) in [7, 11) is 4.93. The summed E-state index contributed by atoms with van der Waals surface area (Å²) in [6.07, 6.45) is -1.83. The van der Waals surface area contributed by atoms with Crippen molar-refractivity contribution in [2.24, 2.45) is 0 Å². The van der Waals surface area contributed by atoms with Crippen LogP contribution in [0.25, 0.3) is 0 Å². The van der Waals surface area contributed by atoms with Crippen molar-refractivity contribution in [3.63, 3.8) is 0 Å². The van der Waals surface area contributed by atoms with Crippen molar-refractivity contribution < 1.29 is 39.2 Å². The van der Waals surface area contributed by atoms with Crippen LogP contribution in [-0.2, 0) is 19.1 Å². The molecule has 0 radical (unpaired) electrons. The van der Waals surface area contributed by atoms with Crippen molar-refractivity contribution in [1.29, 1.82) is 0 Å². The Hall–Kier alpha value is -1.67. The Morgan fingerprint density at radius 3 is 0.905 bits per heavy atom. The van der Waals surface area contributed by atoms with E-state index in [0.717, 1.165) is 13.5 Å². The number of aliphatic carboxylic acids is 1. The highest BCUT2D eigenvalue weighted by molar-refractivity contribution is 5.72. The van der Waals surface area contributed by atoms with Gasteiger partial charge in [0.15, 0.2) is 0 Å². The average Bonchev–Trinajstić information content (AvgIpc) is 2.15. The molecular formula is C13H34O8. The van der Waals surface area contributed by atoms with Gasteiger partial charge in [-0.25, -0.2) is 4.79 Å². The summed E-state index contributed by atoms with van der Waals surface area (Å²) in [6, 6.07) is 0. The molecule has 8 heteroatoms. The van der Waals surface area contributed by atoms with Gasteiger partial charge in [0, 0.05) is 34.9 Å². The maximum absolute atomic E-state index is 9.44. The fourth-order valence-corrected chi connectivity index (χ4v) is 0. The number of carboxylic acid groups (broad SMARTS) is 3. The molecule has 0 unspecified atom stereocenters. The third-order valence-corrected chi connectivity index (χ3v) is 0.289. The number of hydrogen-bond acceptors (Lipinski definition) is 5. The van der Waals surface area contributed by atoms with Crippen LogP contribution in [0, 0.1) is 0 Å². The number of Topliss-reactive ketones (excluding diaryl/α,β-unsaturated/α-hetero) is 1. The predicted molar refractivity (Wildman–Crippen MR) is 84.3 cm³/mol. The minimum atomic E-state index is -1.83. The summed E-state index contributed by atoms with van der Waals surface area (Å²) >= 11 is 0. The number of carbonyl (C=O) groups is 3. The molecular weight excluding hydrogens is 284 g/mol. The molecule has 21 heavy (non-hydrogen) atoms. The lowest BCUT2D eigenvalue weighted by molar-refractivity contribution is -0.134. The monoisotopic (exact) mass is 318 g/mol. The summed E-state index contributed by atoms with van der Waals surface area (Å²) in [5.41, 5.74) is 0. The fraction of sp³-hybridized carbons (Fsp3) is 0.769. The number of rotatable bonds is 1. The van der Waals surface area contributed by atoms with E-state index >= 15 is 0 Å². The molecule has 3 N–H and O–H groups in total. The molecule has 134 valence electrons. The second kappa shape index (κ2) is 51.6. The number of methoxy groups -OCH3 is 2. The lowest BCUT2D eigenvalue weighted by Crippen LogP contribution is -1.81. The minimum Gasteiger partial charge on any atom is -0.481 e. The van der Waals surface area contributed by atoms with Crippen LogP contribution in [0.3, 0.4) is 0 Å². The van der Waals surface area contributed by atoms with E-state index in [-0.39, 0.29) is 20.6 Å². The zero-order valence-corrected chi connectivity index (χ0v) is 12.6. The Bertz CT molecular complexity index is 150. The van der Waals surface area contributed by atoms with E-state index in [1.54, 1.807) is 21.3 Å². The van der Waals surface area contributed by atoms with E-state index in [4.69, 9.17) is 24.9 Å². The molecule has 0 fully saturated rings. The minimum absolute atomic E-state index is 0. The molecule has 0 saturated heterocycles. The van der Waals surface area contributed by atoms with E-state index in [0.29, 0.717) is 0 Å². The number of ether oxygens (including phenoxy) is 2. The first-order chi connectivity index (χ1) is 8.52. The van der Waals surface area contributed by atoms with Crippen molar-refractivity contribution in [2.75, 3.05) is 27.9 Å². The molecule has 0 amide bonds. The van der Waals surface area contributed by atoms with Crippen molar-refractivity contribution in [3.05, 3.63) is 0 Å². The Morgan fingerprint density at radius 1 is 0.857 bits per heavy atom. The average molecular weight is 318 g/mol. The first-order valence-electron chi connectivity index (χ1n) is 5.00. The molecule has 0 atom stereocenters. The topological polar surface area (TPSA) is 130 Å². The van der Waals surface area contributed by atoms with E-state index in [2.05, 4.69) is 9.47 Å². The molecule has 0 aromatic rings. The van der Waals surface area contributed by atoms with Gasteiger partial charge in [-0.2, -0.15) is 0 Å². The molecule has 0 heterocycles. The van der Waals surface area contributed by atoms with Crippen LogP contribution in [0.5, 0.6) is 0 Å². The summed E-state index contributed by atoms with van der Waals surface area (Å²) in [6.45, 7) is 6.92. The SMILES string of the molecule is C.C.CC(=O)O.CC(C)=O.CCOC.COC.O=C(O)O. The summed E-state index contributed by atoms with van der Waals surface area (Å²) < 4.78 is 8.79. The second-order valence-electron chi connectivity index (χ2n) is 2.70. The van der Waals surface area contributed by atoms with Gasteiger partial charge in [0.25, 0.3) is 5.97 Å². The molecule has 0 bridgehead atoms. The molecule has 0 saturated carbocycles. The van der Waals surface area contributed by atoms with Gasteiger partial charge >= 0.3 is 6.16 Å². The molecule has 0 spiro atoms. The van der Waals surface area contributed by atoms with Crippen molar-refractivity contribution in [2.45, 2.75) is 42.5 Å². The highest BCUT2D eigenvalue weighted by atomic mass is 16.6. The number of hydrogen-bond donors (Lipinski definition) is 3. The van der Waals surface area contributed by atoms with E-state index in [1.165, 1.54) is 13.8 Å². The van der Waals surface area contributed by atoms with Crippen molar-refractivity contribution in [1.82, 2.24) is 0 Å². The Kier molecular flexibility index (Phi) is 105. The Balaban J connectivity index is -0.0000000229. The standard InChI is InChI=1S/C3H8O.C3H6O.C2H4O2.C2H6O.CH2O3.2CH4/c1-3-4-2;1-3(2)4;1-2(3)4;1-3-2;2-1(3)4;;/h3H2,1-2H3;1-2H3;1H3,(H,3,4);1-2H3;(H2,2,3,4);2*1H4. The van der Waals surface area contributed by atoms with Crippen LogP contribution in [0.4, 0.5) is 4.79 Å². The smallest absolute Gasteiger partial charge is 0.481 e. The van der Waals surface area contributed by atoms with Crippen molar-refractivity contribution in [3.8, 4) is 0 Å². The summed E-state index contributed by atoms with van der Waals surface area (Å²) in [4.78, 5) is 27.0. The molecule has 0 aliphatic carbocycles. The van der Waals surface area contributed by atoms with Gasteiger partial charge in [0.1, 0.15) is 5.78 Å². The molecule has 0 aromatic heterocycles. The highest BCUT2D eigenvalue weighted by Crippen LogP contribution is 1.52. The molecule has 0 aromatic carbocycles. The lowest BCUT2D eigenvalue weighted by Gasteiger charge is -1.76. The van der Waals surface area contributed by atoms with Gasteiger partial charge in [-0.05, 0) is 20.8 Å². The highest BCUT2D eigenvalue weighted by Gasteiger charge is 1.70.